The van der Waals surface area contributed by atoms with Gasteiger partial charge in [0.15, 0.2) is 5.82 Å². The summed E-state index contributed by atoms with van der Waals surface area (Å²) in [5.41, 5.74) is -0.126. The molecule has 0 aliphatic carbocycles. The first-order valence-corrected chi connectivity index (χ1v) is 5.32. The number of nitrogens with zero attached hydrogens (tertiary/aromatic N) is 3. The van der Waals surface area contributed by atoms with Gasteiger partial charge in [-0.25, -0.2) is 13.6 Å². The molecule has 2 amide bonds. The van der Waals surface area contributed by atoms with Crippen molar-refractivity contribution in [1.82, 2.24) is 25.9 Å². The molecule has 0 saturated heterocycles. The van der Waals surface area contributed by atoms with Gasteiger partial charge in [0.1, 0.15) is 11.6 Å². The summed E-state index contributed by atoms with van der Waals surface area (Å²) in [4.78, 5) is 11.6. The Bertz CT molecular complexity index is 573. The van der Waals surface area contributed by atoms with Gasteiger partial charge in [0, 0.05) is 6.07 Å². The number of H-pyrrole nitrogens is 1. The lowest BCUT2D eigenvalue weighted by Crippen LogP contribution is -2.32. The highest BCUT2D eigenvalue weighted by Crippen LogP contribution is 2.15. The molecule has 9 heteroatoms. The Morgan fingerprint density at radius 1 is 1.42 bits per heavy atom. The summed E-state index contributed by atoms with van der Waals surface area (Å²) in [5.74, 6) is -1.29. The monoisotopic (exact) mass is 268 g/mol. The Morgan fingerprint density at radius 3 is 2.84 bits per heavy atom. The van der Waals surface area contributed by atoms with E-state index in [1.807, 2.05) is 0 Å². The molecule has 1 aromatic heterocycles. The van der Waals surface area contributed by atoms with Crippen molar-refractivity contribution in [2.75, 3.05) is 5.32 Å². The molecule has 0 saturated carbocycles. The van der Waals surface area contributed by atoms with Crippen molar-refractivity contribution < 1.29 is 13.6 Å². The first kappa shape index (κ1) is 12.9. The van der Waals surface area contributed by atoms with Gasteiger partial charge in [0.05, 0.1) is 11.7 Å². The third kappa shape index (κ3) is 3.21. The van der Waals surface area contributed by atoms with E-state index in [2.05, 4.69) is 31.3 Å². The van der Waals surface area contributed by atoms with Crippen molar-refractivity contribution >= 4 is 11.7 Å². The molecular weight excluding hydrogens is 258 g/mol. The summed E-state index contributed by atoms with van der Waals surface area (Å²) < 4.78 is 26.0. The fraction of sp³-hybridized carbons (Fsp3) is 0.200. The van der Waals surface area contributed by atoms with E-state index in [9.17, 15) is 13.6 Å². The zero-order valence-corrected chi connectivity index (χ0v) is 9.82. The number of amides is 2. The zero-order chi connectivity index (χ0) is 13.8. The van der Waals surface area contributed by atoms with E-state index < -0.39 is 23.7 Å². The molecule has 7 nitrogen and oxygen atoms in total. The van der Waals surface area contributed by atoms with Crippen LogP contribution in [-0.4, -0.2) is 26.7 Å². The van der Waals surface area contributed by atoms with E-state index >= 15 is 0 Å². The fourth-order valence-corrected chi connectivity index (χ4v) is 1.36. The quantitative estimate of drug-likeness (QED) is 0.783. The van der Waals surface area contributed by atoms with Crippen molar-refractivity contribution in [3.8, 4) is 0 Å². The van der Waals surface area contributed by atoms with Crippen LogP contribution in [0.5, 0.6) is 0 Å². The van der Waals surface area contributed by atoms with Crippen LogP contribution in [0, 0.1) is 11.6 Å². The number of hydrogen-bond acceptors (Lipinski definition) is 4. The number of hydrogen-bond donors (Lipinski definition) is 3. The van der Waals surface area contributed by atoms with Gasteiger partial charge in [-0.1, -0.05) is 5.21 Å². The molecule has 1 atom stereocenters. The van der Waals surface area contributed by atoms with Crippen LogP contribution in [0.15, 0.2) is 18.2 Å². The lowest BCUT2D eigenvalue weighted by Gasteiger charge is -2.11. The van der Waals surface area contributed by atoms with Gasteiger partial charge >= 0.3 is 6.03 Å². The number of aromatic amines is 1. The number of nitrogens with one attached hydrogen (secondary N) is 3. The normalized spacial score (nSPS) is 11.9. The number of carbonyl (C=O) groups is 1. The number of benzene rings is 1. The predicted octanol–water partition coefficient (Wildman–Crippen LogP) is 1.36. The second-order valence-electron chi connectivity index (χ2n) is 3.71. The van der Waals surface area contributed by atoms with Gasteiger partial charge in [-0.2, -0.15) is 5.21 Å². The van der Waals surface area contributed by atoms with E-state index in [-0.39, 0.29) is 11.5 Å². The van der Waals surface area contributed by atoms with Crippen LogP contribution in [-0.2, 0) is 0 Å². The number of urea groups is 1. The van der Waals surface area contributed by atoms with Gasteiger partial charge in [0.25, 0.3) is 0 Å². The lowest BCUT2D eigenvalue weighted by atomic mass is 10.3. The first-order valence-electron chi connectivity index (χ1n) is 5.32. The highest BCUT2D eigenvalue weighted by molar-refractivity contribution is 5.89. The number of halogens is 2. The third-order valence-corrected chi connectivity index (χ3v) is 2.28. The lowest BCUT2D eigenvalue weighted by molar-refractivity contribution is 0.249. The maximum Gasteiger partial charge on any atom is 0.319 e. The minimum Gasteiger partial charge on any atom is -0.328 e. The Labute approximate surface area is 106 Å². The SMILES string of the molecule is CC(NC(=O)Nc1ccc(F)cc1F)c1nn[nH]n1. The van der Waals surface area contributed by atoms with Crippen LogP contribution < -0.4 is 10.6 Å². The largest absolute Gasteiger partial charge is 0.328 e. The van der Waals surface area contributed by atoms with Crippen LogP contribution in [0.3, 0.4) is 0 Å². The third-order valence-electron chi connectivity index (χ3n) is 2.28. The molecule has 1 heterocycles. The number of aromatic nitrogens is 4. The summed E-state index contributed by atoms with van der Waals surface area (Å²) in [5, 5.41) is 17.7. The minimum absolute atomic E-state index is 0.126. The maximum atomic E-state index is 13.3. The van der Waals surface area contributed by atoms with Gasteiger partial charge in [-0.05, 0) is 19.1 Å². The van der Waals surface area contributed by atoms with Crippen LogP contribution in [0.4, 0.5) is 19.3 Å². The van der Waals surface area contributed by atoms with Crippen LogP contribution in [0.25, 0.3) is 0 Å². The van der Waals surface area contributed by atoms with Crippen molar-refractivity contribution in [2.45, 2.75) is 13.0 Å². The number of anilines is 1. The molecule has 100 valence electrons. The Kier molecular flexibility index (Phi) is 3.64. The molecule has 0 radical (unpaired) electrons. The van der Waals surface area contributed by atoms with Crippen LogP contribution >= 0.6 is 0 Å². The minimum atomic E-state index is -0.859. The summed E-state index contributed by atoms with van der Waals surface area (Å²) >= 11 is 0. The van der Waals surface area contributed by atoms with Gasteiger partial charge in [-0.3, -0.25) is 0 Å². The molecule has 3 N–H and O–H groups in total. The number of tetrazole rings is 1. The smallest absolute Gasteiger partial charge is 0.319 e. The molecule has 1 aromatic carbocycles. The second-order valence-corrected chi connectivity index (χ2v) is 3.71. The average molecular weight is 268 g/mol. The Morgan fingerprint density at radius 2 is 2.21 bits per heavy atom. The highest BCUT2D eigenvalue weighted by atomic mass is 19.1. The zero-order valence-electron chi connectivity index (χ0n) is 9.82. The Hall–Kier alpha value is -2.58. The number of rotatable bonds is 3. The number of carbonyl (C=O) groups excluding carboxylic acids is 1. The summed E-state index contributed by atoms with van der Waals surface area (Å²) in [6.07, 6.45) is 0. The molecule has 0 bridgehead atoms. The van der Waals surface area contributed by atoms with E-state index in [0.29, 0.717) is 6.07 Å². The molecule has 19 heavy (non-hydrogen) atoms. The highest BCUT2D eigenvalue weighted by Gasteiger charge is 2.14. The standard InChI is InChI=1S/C10H10F2N6O/c1-5(9-15-17-18-16-9)13-10(19)14-8-3-2-6(11)4-7(8)12/h2-5H,1H3,(H2,13,14,19)(H,15,16,17,18). The van der Waals surface area contributed by atoms with Gasteiger partial charge in [0.2, 0.25) is 0 Å². The first-order chi connectivity index (χ1) is 9.06. The molecule has 1 unspecified atom stereocenters. The second kappa shape index (κ2) is 5.38. The summed E-state index contributed by atoms with van der Waals surface area (Å²) in [6, 6.07) is 1.67. The molecule has 2 rings (SSSR count). The molecule has 0 aliphatic heterocycles. The molecular formula is C10H10F2N6O. The summed E-state index contributed by atoms with van der Waals surface area (Å²) in [6.45, 7) is 1.63. The van der Waals surface area contributed by atoms with Crippen LogP contribution in [0.2, 0.25) is 0 Å². The van der Waals surface area contributed by atoms with E-state index in [1.54, 1.807) is 6.92 Å². The predicted molar refractivity (Wildman–Crippen MR) is 61.1 cm³/mol. The van der Waals surface area contributed by atoms with E-state index in [4.69, 9.17) is 0 Å². The topological polar surface area (TPSA) is 95.6 Å². The van der Waals surface area contributed by atoms with Gasteiger partial charge < -0.3 is 10.6 Å². The van der Waals surface area contributed by atoms with E-state index in [1.165, 1.54) is 0 Å². The molecule has 0 spiro atoms. The van der Waals surface area contributed by atoms with Crippen molar-refractivity contribution in [3.63, 3.8) is 0 Å². The average Bonchev–Trinajstić information content (AvgIpc) is 2.86. The van der Waals surface area contributed by atoms with Crippen molar-refractivity contribution in [1.29, 1.82) is 0 Å². The summed E-state index contributed by atoms with van der Waals surface area (Å²) in [7, 11) is 0. The Balaban J connectivity index is 1.98. The molecule has 0 aliphatic rings. The van der Waals surface area contributed by atoms with E-state index in [0.717, 1.165) is 12.1 Å². The fourth-order valence-electron chi connectivity index (χ4n) is 1.36. The maximum absolute atomic E-state index is 13.3. The van der Waals surface area contributed by atoms with Gasteiger partial charge in [-0.15, -0.1) is 10.2 Å². The van der Waals surface area contributed by atoms with Crippen molar-refractivity contribution in [2.24, 2.45) is 0 Å². The molecule has 2 aromatic rings. The van der Waals surface area contributed by atoms with Crippen LogP contribution in [0.1, 0.15) is 18.8 Å². The molecule has 0 fully saturated rings. The van der Waals surface area contributed by atoms with Crippen molar-refractivity contribution in [3.05, 3.63) is 35.7 Å².